The third kappa shape index (κ3) is 25.8. The molecule has 5 N–H and O–H groups in total. The van der Waals surface area contributed by atoms with Crippen molar-refractivity contribution < 1.29 is 34.5 Å². The van der Waals surface area contributed by atoms with E-state index in [1.165, 1.54) is 13.8 Å². The highest BCUT2D eigenvalue weighted by molar-refractivity contribution is 5.85. The minimum absolute atomic E-state index is 0.0312. The van der Waals surface area contributed by atoms with Crippen LogP contribution in [0.1, 0.15) is 20.3 Å². The lowest BCUT2D eigenvalue weighted by Gasteiger charge is -1.89. The van der Waals surface area contributed by atoms with Gasteiger partial charge in [0.05, 0.1) is 13.0 Å². The van der Waals surface area contributed by atoms with Gasteiger partial charge in [-0.3, -0.25) is 4.79 Å². The fourth-order valence-corrected chi connectivity index (χ4v) is 0.150. The first-order valence-corrected chi connectivity index (χ1v) is 4.88. The third-order valence-electron chi connectivity index (χ3n) is 1.18. The van der Waals surface area contributed by atoms with Gasteiger partial charge in [-0.05, 0) is 13.8 Å². The first-order chi connectivity index (χ1) is 8.59. The van der Waals surface area contributed by atoms with Gasteiger partial charge in [0, 0.05) is 11.1 Å². The Balaban J connectivity index is -0.000000203. The Kier molecular flexibility index (Phi) is 16.1. The number of carboxylic acids is 2. The van der Waals surface area contributed by atoms with Gasteiger partial charge in [-0.25, -0.2) is 9.59 Å². The summed E-state index contributed by atoms with van der Waals surface area (Å²) in [4.78, 5) is 32.8. The fourth-order valence-electron chi connectivity index (χ4n) is 0.150. The Bertz CT molecular complexity index is 288. The van der Waals surface area contributed by atoms with Crippen molar-refractivity contribution >= 4 is 17.9 Å². The van der Waals surface area contributed by atoms with Crippen LogP contribution in [0.25, 0.3) is 0 Å². The topological polar surface area (TPSA) is 147 Å². The number of carbonyl (C=O) groups is 3. The van der Waals surface area contributed by atoms with E-state index in [0.29, 0.717) is 0 Å². The Morgan fingerprint density at radius 3 is 1.37 bits per heavy atom. The molecule has 0 saturated heterocycles. The first kappa shape index (κ1) is 22.0. The average Bonchev–Trinajstić information content (AvgIpc) is 2.30. The van der Waals surface area contributed by atoms with E-state index >= 15 is 0 Å². The molecule has 0 spiro atoms. The second-order valence-corrected chi connectivity index (χ2v) is 3.13. The number of hydrogen-bond donors (Lipinski definition) is 4. The number of carboxylic acid groups (broad SMARTS) is 2. The maximum atomic E-state index is 9.90. The normalized spacial score (nSPS) is 7.79. The SMILES string of the molecule is C=C(C)C(=O)O.C=C(C)C(=O)O.NOC(=O)CCO. The van der Waals surface area contributed by atoms with Crippen molar-refractivity contribution in [2.75, 3.05) is 6.61 Å². The molecule has 0 heterocycles. The van der Waals surface area contributed by atoms with Gasteiger partial charge < -0.3 is 20.2 Å². The second-order valence-electron chi connectivity index (χ2n) is 3.13. The molecule has 0 aliphatic carbocycles. The molecule has 0 radical (unpaired) electrons. The molecule has 0 aliphatic rings. The zero-order valence-electron chi connectivity index (χ0n) is 10.9. The molecule has 0 bridgehead atoms. The lowest BCUT2D eigenvalue weighted by atomic mass is 10.4. The molecule has 0 aliphatic heterocycles. The van der Waals surface area contributed by atoms with E-state index in [9.17, 15) is 14.4 Å². The van der Waals surface area contributed by atoms with Crippen molar-refractivity contribution in [2.24, 2.45) is 5.90 Å². The molecule has 0 aromatic carbocycles. The summed E-state index contributed by atoms with van der Waals surface area (Å²) in [7, 11) is 0. The van der Waals surface area contributed by atoms with Gasteiger partial charge in [-0.1, -0.05) is 13.2 Å². The third-order valence-corrected chi connectivity index (χ3v) is 1.18. The van der Waals surface area contributed by atoms with E-state index < -0.39 is 17.9 Å². The maximum absolute atomic E-state index is 9.90. The molecular formula is C11H19NO7. The number of aliphatic hydroxyl groups is 1. The lowest BCUT2D eigenvalue weighted by Crippen LogP contribution is -2.10. The molecule has 8 heteroatoms. The number of rotatable bonds is 4. The van der Waals surface area contributed by atoms with Gasteiger partial charge in [0.2, 0.25) is 0 Å². The van der Waals surface area contributed by atoms with Crippen LogP contribution in [0.4, 0.5) is 0 Å². The molecule has 0 atom stereocenters. The Morgan fingerprint density at radius 2 is 1.32 bits per heavy atom. The number of aliphatic hydroxyl groups excluding tert-OH is 1. The van der Waals surface area contributed by atoms with Crippen LogP contribution < -0.4 is 5.90 Å². The minimum atomic E-state index is -0.935. The predicted molar refractivity (Wildman–Crippen MR) is 66.9 cm³/mol. The monoisotopic (exact) mass is 277 g/mol. The molecule has 0 aromatic heterocycles. The van der Waals surface area contributed by atoms with Crippen LogP contribution in [0.5, 0.6) is 0 Å². The first-order valence-electron chi connectivity index (χ1n) is 4.88. The van der Waals surface area contributed by atoms with E-state index in [0.717, 1.165) is 0 Å². The van der Waals surface area contributed by atoms with E-state index in [1.54, 1.807) is 0 Å². The highest BCUT2D eigenvalue weighted by Crippen LogP contribution is 1.81. The van der Waals surface area contributed by atoms with Gasteiger partial charge in [-0.15, -0.1) is 0 Å². The minimum Gasteiger partial charge on any atom is -0.478 e. The zero-order valence-corrected chi connectivity index (χ0v) is 10.9. The van der Waals surface area contributed by atoms with E-state index in [2.05, 4.69) is 23.9 Å². The van der Waals surface area contributed by atoms with E-state index in [1.807, 2.05) is 0 Å². The Morgan fingerprint density at radius 1 is 1.05 bits per heavy atom. The average molecular weight is 277 g/mol. The van der Waals surface area contributed by atoms with Gasteiger partial charge in [0.25, 0.3) is 0 Å². The molecule has 19 heavy (non-hydrogen) atoms. The van der Waals surface area contributed by atoms with E-state index in [4.69, 9.17) is 15.3 Å². The van der Waals surface area contributed by atoms with Crippen molar-refractivity contribution in [3.8, 4) is 0 Å². The Labute approximate surface area is 110 Å². The number of nitrogens with two attached hydrogens (primary N) is 1. The summed E-state index contributed by atoms with van der Waals surface area (Å²) in [5.41, 5.74) is 0.352. The quantitative estimate of drug-likeness (QED) is 0.417. The molecule has 0 rings (SSSR count). The van der Waals surface area contributed by atoms with Crippen molar-refractivity contribution in [3.63, 3.8) is 0 Å². The van der Waals surface area contributed by atoms with Gasteiger partial charge in [-0.2, -0.15) is 5.90 Å². The van der Waals surface area contributed by atoms with Crippen LogP contribution in [0.15, 0.2) is 24.3 Å². The molecule has 0 aromatic rings. The molecule has 8 nitrogen and oxygen atoms in total. The standard InChI is InChI=1S/2C4H6O2.C3H7NO3/c2*1-3(2)4(5)6;4-7-3(6)1-2-5/h2*1H2,2H3,(H,5,6);5H,1-2,4H2. The Hall–Kier alpha value is -2.19. The van der Waals surface area contributed by atoms with Crippen molar-refractivity contribution in [1.82, 2.24) is 0 Å². The summed E-state index contributed by atoms with van der Waals surface area (Å²) in [6.07, 6.45) is -0.0312. The maximum Gasteiger partial charge on any atom is 0.330 e. The molecule has 0 unspecified atom stereocenters. The lowest BCUT2D eigenvalue weighted by molar-refractivity contribution is -0.145. The number of aliphatic carboxylic acids is 2. The van der Waals surface area contributed by atoms with Crippen LogP contribution in [0.2, 0.25) is 0 Å². The van der Waals surface area contributed by atoms with E-state index in [-0.39, 0.29) is 24.2 Å². The summed E-state index contributed by atoms with van der Waals surface area (Å²) in [5, 5.41) is 23.8. The zero-order chi connectivity index (χ0) is 16.0. The smallest absolute Gasteiger partial charge is 0.330 e. The molecule has 0 amide bonds. The largest absolute Gasteiger partial charge is 0.478 e. The van der Waals surface area contributed by atoms with Crippen LogP contribution in [0, 0.1) is 0 Å². The molecular weight excluding hydrogens is 258 g/mol. The van der Waals surface area contributed by atoms with Crippen molar-refractivity contribution in [2.45, 2.75) is 20.3 Å². The summed E-state index contributed by atoms with van der Waals surface area (Å²) in [6, 6.07) is 0. The molecule has 0 fully saturated rings. The van der Waals surface area contributed by atoms with Crippen LogP contribution >= 0.6 is 0 Å². The summed E-state index contributed by atoms with van der Waals surface area (Å²) in [5.74, 6) is 1.93. The summed E-state index contributed by atoms with van der Waals surface area (Å²) < 4.78 is 0. The van der Waals surface area contributed by atoms with Gasteiger partial charge >= 0.3 is 17.9 Å². The summed E-state index contributed by atoms with van der Waals surface area (Å²) in [6.45, 7) is 8.99. The fraction of sp³-hybridized carbons (Fsp3) is 0.364. The van der Waals surface area contributed by atoms with Crippen molar-refractivity contribution in [3.05, 3.63) is 24.3 Å². The highest BCUT2D eigenvalue weighted by atomic mass is 16.7. The highest BCUT2D eigenvalue weighted by Gasteiger charge is 1.95. The second kappa shape index (κ2) is 13.9. The van der Waals surface area contributed by atoms with Crippen LogP contribution in [-0.4, -0.2) is 39.8 Å². The number of carbonyl (C=O) groups excluding carboxylic acids is 1. The molecule has 0 saturated carbocycles. The van der Waals surface area contributed by atoms with Gasteiger partial charge in [0.15, 0.2) is 0 Å². The van der Waals surface area contributed by atoms with Crippen molar-refractivity contribution in [1.29, 1.82) is 0 Å². The predicted octanol–water partition coefficient (Wildman–Crippen LogP) is 0.0799. The number of hydrogen-bond acceptors (Lipinski definition) is 6. The summed E-state index contributed by atoms with van der Waals surface area (Å²) >= 11 is 0. The van der Waals surface area contributed by atoms with Crippen LogP contribution in [0.3, 0.4) is 0 Å². The molecule has 110 valence electrons. The van der Waals surface area contributed by atoms with Gasteiger partial charge in [0.1, 0.15) is 0 Å². The van der Waals surface area contributed by atoms with Crippen LogP contribution in [-0.2, 0) is 19.2 Å².